The molecule has 0 bridgehead atoms. The minimum atomic E-state index is -0.680. The topological polar surface area (TPSA) is 20.2 Å². The molecule has 1 N–H and O–H groups in total. The number of aliphatic hydroxyl groups excluding tert-OH is 1. The van der Waals surface area contributed by atoms with Gasteiger partial charge in [0.25, 0.3) is 0 Å². The van der Waals surface area contributed by atoms with E-state index in [9.17, 15) is 13.9 Å². The molecule has 0 aliphatic carbocycles. The Labute approximate surface area is 111 Å². The molecule has 0 heterocycles. The third-order valence-corrected chi connectivity index (χ3v) is 3.19. The summed E-state index contributed by atoms with van der Waals surface area (Å²) >= 11 is 0. The molecule has 19 heavy (non-hydrogen) atoms. The quantitative estimate of drug-likeness (QED) is 0.895. The van der Waals surface area contributed by atoms with E-state index in [1.54, 1.807) is 0 Å². The van der Waals surface area contributed by atoms with Crippen molar-refractivity contribution >= 4 is 0 Å². The molecule has 1 nitrogen and oxygen atoms in total. The predicted molar refractivity (Wildman–Crippen MR) is 71.0 cm³/mol. The van der Waals surface area contributed by atoms with Crippen molar-refractivity contribution < 1.29 is 13.9 Å². The molecule has 0 saturated carbocycles. The van der Waals surface area contributed by atoms with Gasteiger partial charge in [-0.2, -0.15) is 0 Å². The number of rotatable bonds is 4. The molecule has 1 atom stereocenters. The molecule has 1 unspecified atom stereocenters. The maximum Gasteiger partial charge on any atom is 0.129 e. The van der Waals surface area contributed by atoms with E-state index >= 15 is 0 Å². The van der Waals surface area contributed by atoms with Crippen LogP contribution in [0.3, 0.4) is 0 Å². The standard InChI is InChI=1S/C16H16F2O/c1-11-4-2-3-5-12(11)8-15(19)9-13-6-7-14(17)10-16(13)18/h2-7,10,15,19H,8-9H2,1H3. The Morgan fingerprint density at radius 3 is 2.37 bits per heavy atom. The Kier molecular flexibility index (Phi) is 4.27. The van der Waals surface area contributed by atoms with E-state index in [0.29, 0.717) is 12.0 Å². The summed E-state index contributed by atoms with van der Waals surface area (Å²) in [7, 11) is 0. The summed E-state index contributed by atoms with van der Waals surface area (Å²) in [5, 5.41) is 10.0. The second-order valence-corrected chi connectivity index (χ2v) is 4.72. The Morgan fingerprint density at radius 2 is 1.68 bits per heavy atom. The van der Waals surface area contributed by atoms with Crippen molar-refractivity contribution in [3.8, 4) is 0 Å². The van der Waals surface area contributed by atoms with Gasteiger partial charge >= 0.3 is 0 Å². The Balaban J connectivity index is 2.05. The molecule has 2 aromatic carbocycles. The van der Waals surface area contributed by atoms with Gasteiger partial charge in [-0.05, 0) is 36.1 Å². The predicted octanol–water partition coefficient (Wildman–Crippen LogP) is 3.42. The SMILES string of the molecule is Cc1ccccc1CC(O)Cc1ccc(F)cc1F. The van der Waals surface area contributed by atoms with Crippen molar-refractivity contribution in [3.63, 3.8) is 0 Å². The highest BCUT2D eigenvalue weighted by atomic mass is 19.1. The van der Waals surface area contributed by atoms with E-state index in [1.807, 2.05) is 31.2 Å². The summed E-state index contributed by atoms with van der Waals surface area (Å²) < 4.78 is 26.3. The van der Waals surface area contributed by atoms with Crippen LogP contribution in [0, 0.1) is 18.6 Å². The maximum absolute atomic E-state index is 13.5. The Morgan fingerprint density at radius 1 is 1.00 bits per heavy atom. The van der Waals surface area contributed by atoms with Crippen molar-refractivity contribution in [2.24, 2.45) is 0 Å². The average molecular weight is 262 g/mol. The molecular weight excluding hydrogens is 246 g/mol. The first-order valence-corrected chi connectivity index (χ1v) is 6.23. The van der Waals surface area contributed by atoms with Crippen LogP contribution in [0.4, 0.5) is 8.78 Å². The molecule has 3 heteroatoms. The highest BCUT2D eigenvalue weighted by Crippen LogP contribution is 2.15. The molecule has 0 fully saturated rings. The first-order valence-electron chi connectivity index (χ1n) is 6.23. The lowest BCUT2D eigenvalue weighted by Crippen LogP contribution is -2.15. The molecule has 0 aromatic heterocycles. The van der Waals surface area contributed by atoms with Crippen LogP contribution >= 0.6 is 0 Å². The minimum absolute atomic E-state index is 0.181. The summed E-state index contributed by atoms with van der Waals surface area (Å²) in [4.78, 5) is 0. The lowest BCUT2D eigenvalue weighted by molar-refractivity contribution is 0.174. The number of hydrogen-bond donors (Lipinski definition) is 1. The second-order valence-electron chi connectivity index (χ2n) is 4.72. The van der Waals surface area contributed by atoms with Crippen LogP contribution in [0.2, 0.25) is 0 Å². The number of hydrogen-bond acceptors (Lipinski definition) is 1. The molecule has 0 spiro atoms. The molecule has 0 radical (unpaired) electrons. The van der Waals surface area contributed by atoms with Crippen LogP contribution in [0.15, 0.2) is 42.5 Å². The molecule has 0 amide bonds. The van der Waals surface area contributed by atoms with Crippen LogP contribution in [0.1, 0.15) is 16.7 Å². The highest BCUT2D eigenvalue weighted by Gasteiger charge is 2.12. The molecule has 0 aliphatic rings. The summed E-state index contributed by atoms with van der Waals surface area (Å²) in [5.41, 5.74) is 2.47. The lowest BCUT2D eigenvalue weighted by Gasteiger charge is -2.13. The van der Waals surface area contributed by atoms with Crippen LogP contribution in [0.5, 0.6) is 0 Å². The highest BCUT2D eigenvalue weighted by molar-refractivity contribution is 5.27. The van der Waals surface area contributed by atoms with Crippen molar-refractivity contribution in [1.29, 1.82) is 0 Å². The number of aliphatic hydroxyl groups is 1. The van der Waals surface area contributed by atoms with Crippen LogP contribution in [-0.2, 0) is 12.8 Å². The van der Waals surface area contributed by atoms with Crippen molar-refractivity contribution in [2.45, 2.75) is 25.9 Å². The normalized spacial score (nSPS) is 12.4. The number of aryl methyl sites for hydroxylation is 1. The third kappa shape index (κ3) is 3.61. The van der Waals surface area contributed by atoms with E-state index in [-0.39, 0.29) is 6.42 Å². The van der Waals surface area contributed by atoms with Gasteiger partial charge < -0.3 is 5.11 Å². The monoisotopic (exact) mass is 262 g/mol. The van der Waals surface area contributed by atoms with Crippen LogP contribution in [0.25, 0.3) is 0 Å². The van der Waals surface area contributed by atoms with Crippen LogP contribution in [-0.4, -0.2) is 11.2 Å². The van der Waals surface area contributed by atoms with E-state index in [0.717, 1.165) is 17.2 Å². The summed E-state index contributed by atoms with van der Waals surface area (Å²) in [6, 6.07) is 11.2. The zero-order valence-electron chi connectivity index (χ0n) is 10.7. The fourth-order valence-electron chi connectivity index (χ4n) is 2.11. The minimum Gasteiger partial charge on any atom is -0.392 e. The number of halogens is 2. The van der Waals surface area contributed by atoms with Gasteiger partial charge in [0, 0.05) is 12.5 Å². The van der Waals surface area contributed by atoms with E-state index in [2.05, 4.69) is 0 Å². The first kappa shape index (κ1) is 13.7. The van der Waals surface area contributed by atoms with E-state index in [1.165, 1.54) is 12.1 Å². The smallest absolute Gasteiger partial charge is 0.129 e. The van der Waals surface area contributed by atoms with Gasteiger partial charge in [0.15, 0.2) is 0 Å². The molecular formula is C16H16F2O. The Bertz CT molecular complexity index is 566. The zero-order chi connectivity index (χ0) is 13.8. The fraction of sp³-hybridized carbons (Fsp3) is 0.250. The van der Waals surface area contributed by atoms with Gasteiger partial charge in [-0.3, -0.25) is 0 Å². The maximum atomic E-state index is 13.5. The molecule has 2 rings (SSSR count). The van der Waals surface area contributed by atoms with Crippen molar-refractivity contribution in [2.75, 3.05) is 0 Å². The van der Waals surface area contributed by atoms with Gasteiger partial charge in [0.1, 0.15) is 11.6 Å². The largest absolute Gasteiger partial charge is 0.392 e. The van der Waals surface area contributed by atoms with Crippen molar-refractivity contribution in [1.82, 2.24) is 0 Å². The van der Waals surface area contributed by atoms with E-state index < -0.39 is 17.7 Å². The molecule has 0 saturated heterocycles. The third-order valence-electron chi connectivity index (χ3n) is 3.19. The van der Waals surface area contributed by atoms with Gasteiger partial charge in [-0.15, -0.1) is 0 Å². The van der Waals surface area contributed by atoms with Gasteiger partial charge in [-0.25, -0.2) is 8.78 Å². The lowest BCUT2D eigenvalue weighted by atomic mass is 9.98. The second kappa shape index (κ2) is 5.93. The molecule has 0 aliphatic heterocycles. The number of benzene rings is 2. The summed E-state index contributed by atoms with van der Waals surface area (Å²) in [5.74, 6) is -1.21. The molecule has 2 aromatic rings. The van der Waals surface area contributed by atoms with Crippen molar-refractivity contribution in [3.05, 3.63) is 70.8 Å². The zero-order valence-corrected chi connectivity index (χ0v) is 10.7. The Hall–Kier alpha value is -1.74. The summed E-state index contributed by atoms with van der Waals surface area (Å²) in [6.45, 7) is 1.97. The van der Waals surface area contributed by atoms with Gasteiger partial charge in [0.2, 0.25) is 0 Å². The fourth-order valence-corrected chi connectivity index (χ4v) is 2.11. The molecule has 100 valence electrons. The van der Waals surface area contributed by atoms with Gasteiger partial charge in [0.05, 0.1) is 6.10 Å². The van der Waals surface area contributed by atoms with Crippen LogP contribution < -0.4 is 0 Å². The average Bonchev–Trinajstić information content (AvgIpc) is 2.36. The van der Waals surface area contributed by atoms with Gasteiger partial charge in [-0.1, -0.05) is 30.3 Å². The first-order chi connectivity index (χ1) is 9.06. The summed E-state index contributed by atoms with van der Waals surface area (Å²) in [6.07, 6.45) is -0.0368. The van der Waals surface area contributed by atoms with E-state index in [4.69, 9.17) is 0 Å².